The highest BCUT2D eigenvalue weighted by Gasteiger charge is 2.33. The van der Waals surface area contributed by atoms with Gasteiger partial charge in [-0.3, -0.25) is 33.7 Å². The number of methoxy groups -OCH3 is 2. The number of hydrogen-bond acceptors (Lipinski definition) is 12. The molecule has 3 aliphatic rings. The van der Waals surface area contributed by atoms with Gasteiger partial charge in [-0.2, -0.15) is 0 Å². The van der Waals surface area contributed by atoms with Crippen LogP contribution < -0.4 is 21.7 Å². The van der Waals surface area contributed by atoms with Gasteiger partial charge in [-0.1, -0.05) is 38.2 Å². The number of nitrogens with two attached hydrogens (primary N) is 1. The monoisotopic (exact) mass is 767 g/mol. The van der Waals surface area contributed by atoms with E-state index in [1.54, 1.807) is 26.0 Å². The second-order valence-electron chi connectivity index (χ2n) is 13.8. The van der Waals surface area contributed by atoms with Crippen LogP contribution in [0.5, 0.6) is 0 Å². The predicted molar refractivity (Wildman–Crippen MR) is 200 cm³/mol. The van der Waals surface area contributed by atoms with Crippen molar-refractivity contribution in [1.29, 1.82) is 0 Å². The number of nitrogens with zero attached hydrogens (tertiary/aromatic N) is 1. The summed E-state index contributed by atoms with van der Waals surface area (Å²) in [5.74, 6) is -3.56. The molecule has 0 spiro atoms. The quantitative estimate of drug-likeness (QED) is 0.0825. The Kier molecular flexibility index (Phi) is 16.9. The van der Waals surface area contributed by atoms with E-state index in [-0.39, 0.29) is 73.3 Å². The number of hydrogen-bond donors (Lipinski definition) is 5. The molecule has 300 valence electrons. The van der Waals surface area contributed by atoms with Gasteiger partial charge in [0, 0.05) is 75.6 Å². The minimum atomic E-state index is -1.03. The van der Waals surface area contributed by atoms with Crippen molar-refractivity contribution in [3.05, 3.63) is 70.6 Å². The van der Waals surface area contributed by atoms with Crippen LogP contribution in [0.25, 0.3) is 0 Å². The van der Waals surface area contributed by atoms with Gasteiger partial charge in [0.25, 0.3) is 17.7 Å². The van der Waals surface area contributed by atoms with Crippen LogP contribution in [0.4, 0.5) is 4.79 Å². The number of carbonyl (C=O) groups excluding carboxylic acids is 7. The van der Waals surface area contributed by atoms with Crippen molar-refractivity contribution in [2.75, 3.05) is 33.9 Å². The van der Waals surface area contributed by atoms with E-state index in [0.717, 1.165) is 11.0 Å². The fourth-order valence-electron chi connectivity index (χ4n) is 6.45. The lowest BCUT2D eigenvalue weighted by molar-refractivity contribution is -0.137. The van der Waals surface area contributed by atoms with Crippen molar-refractivity contribution in [2.45, 2.75) is 84.2 Å². The maximum atomic E-state index is 13.9. The minimum Gasteiger partial charge on any atom is -0.439 e. The first-order valence-corrected chi connectivity index (χ1v) is 18.2. The number of aliphatic hydroxyl groups excluding tert-OH is 1. The van der Waals surface area contributed by atoms with Crippen LogP contribution >= 0.6 is 0 Å². The molecule has 6 atom stereocenters. The molecule has 3 rings (SSSR count). The summed E-state index contributed by atoms with van der Waals surface area (Å²) in [6, 6.07) is 0. The Labute approximate surface area is 320 Å². The molecule has 0 aromatic rings. The van der Waals surface area contributed by atoms with Crippen molar-refractivity contribution in [1.82, 2.24) is 20.9 Å². The number of rotatable bonds is 12. The van der Waals surface area contributed by atoms with E-state index in [1.807, 2.05) is 6.92 Å². The Morgan fingerprint density at radius 2 is 1.71 bits per heavy atom. The van der Waals surface area contributed by atoms with Crippen LogP contribution in [0.1, 0.15) is 59.8 Å². The van der Waals surface area contributed by atoms with Crippen molar-refractivity contribution >= 4 is 41.3 Å². The third-order valence-corrected chi connectivity index (χ3v) is 9.46. The van der Waals surface area contributed by atoms with E-state index in [1.165, 1.54) is 45.4 Å². The van der Waals surface area contributed by atoms with Gasteiger partial charge >= 0.3 is 6.09 Å². The zero-order valence-corrected chi connectivity index (χ0v) is 32.2. The maximum absolute atomic E-state index is 13.9. The Bertz CT molecular complexity index is 1670. The number of ketones is 2. The van der Waals surface area contributed by atoms with Gasteiger partial charge in [0.15, 0.2) is 6.10 Å². The molecule has 2 unspecified atom stereocenters. The van der Waals surface area contributed by atoms with E-state index in [9.17, 15) is 38.7 Å². The number of nitrogens with one attached hydrogen (secondary N) is 3. The average molecular weight is 768 g/mol. The summed E-state index contributed by atoms with van der Waals surface area (Å²) in [5, 5.41) is 19.8. The Morgan fingerprint density at radius 3 is 2.35 bits per heavy atom. The molecule has 0 aromatic carbocycles. The number of allylic oxidation sites excluding steroid dienone is 4. The topological polar surface area (TPSA) is 233 Å². The van der Waals surface area contributed by atoms with Crippen LogP contribution in [0.2, 0.25) is 0 Å². The van der Waals surface area contributed by atoms with Gasteiger partial charge in [0.1, 0.15) is 6.10 Å². The number of primary amides is 1. The third kappa shape index (κ3) is 12.7. The van der Waals surface area contributed by atoms with E-state index < -0.39 is 65.7 Å². The first-order valence-electron chi connectivity index (χ1n) is 18.2. The van der Waals surface area contributed by atoms with Gasteiger partial charge in [0.2, 0.25) is 17.5 Å². The van der Waals surface area contributed by atoms with Gasteiger partial charge in [0.05, 0.1) is 23.6 Å². The summed E-state index contributed by atoms with van der Waals surface area (Å²) in [6.45, 7) is 7.49. The van der Waals surface area contributed by atoms with E-state index in [4.69, 9.17) is 19.9 Å². The summed E-state index contributed by atoms with van der Waals surface area (Å²) in [7, 11) is 2.88. The first-order chi connectivity index (χ1) is 26.1. The van der Waals surface area contributed by atoms with Gasteiger partial charge in [-0.25, -0.2) is 4.79 Å². The molecule has 16 nitrogen and oxygen atoms in total. The molecule has 2 heterocycles. The number of Topliss-reactive ketones (excluding diaryl/α,β-unsaturated/α-hetero) is 1. The molecule has 55 heavy (non-hydrogen) atoms. The summed E-state index contributed by atoms with van der Waals surface area (Å²) < 4.78 is 16.7. The molecule has 0 aromatic heterocycles. The lowest BCUT2D eigenvalue weighted by Crippen LogP contribution is -2.38. The molecule has 5 amide bonds. The highest BCUT2D eigenvalue weighted by Crippen LogP contribution is 2.29. The maximum Gasteiger partial charge on any atom is 0.405 e. The number of ether oxygens (including phenoxy) is 3. The minimum absolute atomic E-state index is 0.0726. The smallest absolute Gasteiger partial charge is 0.405 e. The zero-order chi connectivity index (χ0) is 40.8. The van der Waals surface area contributed by atoms with Crippen molar-refractivity contribution in [2.24, 2.45) is 17.6 Å². The van der Waals surface area contributed by atoms with Gasteiger partial charge < -0.3 is 41.0 Å². The number of carbonyl (C=O) groups is 7. The number of fused-ring (bicyclic) bond motifs is 2. The largest absolute Gasteiger partial charge is 0.439 e. The van der Waals surface area contributed by atoms with Crippen LogP contribution in [0, 0.1) is 11.8 Å². The Hall–Kier alpha value is -5.19. The molecule has 6 N–H and O–H groups in total. The zero-order valence-electron chi connectivity index (χ0n) is 32.2. The first kappa shape index (κ1) is 44.2. The van der Waals surface area contributed by atoms with E-state index in [0.29, 0.717) is 18.4 Å². The molecule has 2 bridgehead atoms. The molecule has 16 heteroatoms. The summed E-state index contributed by atoms with van der Waals surface area (Å²) in [6.07, 6.45) is 6.42. The van der Waals surface area contributed by atoms with Crippen LogP contribution in [0.3, 0.4) is 0 Å². The lowest BCUT2D eigenvalue weighted by Gasteiger charge is -2.30. The highest BCUT2D eigenvalue weighted by atomic mass is 16.6. The fraction of sp³-hybridized carbons (Fsp3) is 0.513. The second kappa shape index (κ2) is 21.0. The molecular weight excluding hydrogens is 714 g/mol. The Morgan fingerprint density at radius 1 is 1.02 bits per heavy atom. The summed E-state index contributed by atoms with van der Waals surface area (Å²) in [4.78, 5) is 89.2. The molecule has 0 radical (unpaired) electrons. The fourth-order valence-corrected chi connectivity index (χ4v) is 6.45. The Balaban J connectivity index is 1.81. The van der Waals surface area contributed by atoms with Crippen LogP contribution in [0.15, 0.2) is 70.6 Å². The van der Waals surface area contributed by atoms with E-state index in [2.05, 4.69) is 16.0 Å². The van der Waals surface area contributed by atoms with Crippen LogP contribution in [-0.2, 0) is 43.0 Å². The molecule has 0 saturated carbocycles. The molecule has 0 fully saturated rings. The standard InChI is InChI=1S/C39H53N5O11/c1-22-18-26-34(42-16-9-15-41-31(46)12-8-17-44-32(47)13-14-33(44)48)28(45)21-27(36(26)50)43-38(51)23(2)10-7-11-29(53-5)37(55-39(40)52)25(4)20-24(3)35(49)30(19-22)54-6/h7,10-11,13-14,20-22,24,29-30,35,37,42,49H,8-9,12,15-19H2,1-6H3,(H2,40,52)(H,41,46)(H,43,51)/b11-7+,23-10-,25-20+/t22-,24+,29+,30?,35-,37?/m1/s1. The number of aliphatic hydroxyl groups is 1. The number of amides is 5. The molecule has 2 aliphatic heterocycles. The molecule has 0 saturated heterocycles. The average Bonchev–Trinajstić information content (AvgIpc) is 3.45. The summed E-state index contributed by atoms with van der Waals surface area (Å²) in [5.41, 5.74) is 6.15. The van der Waals surface area contributed by atoms with Crippen molar-refractivity contribution in [3.63, 3.8) is 0 Å². The van der Waals surface area contributed by atoms with Gasteiger partial charge in [-0.15, -0.1) is 0 Å². The molecule has 1 aliphatic carbocycles. The number of imide groups is 1. The SMILES string of the molecule is COC1C[C@H](C)CC2=C(NCCCNC(=O)CCCN3C(=O)C=CC3=O)C(=O)C=C(NC(=O)/C(C)=C\C=C\[C@H](OC)C(OC(N)=O)/C(C)=C/[C@H](C)[C@H]1O)C2=O. The van der Waals surface area contributed by atoms with E-state index >= 15 is 0 Å². The van der Waals surface area contributed by atoms with Crippen molar-refractivity contribution < 1.29 is 52.9 Å². The predicted octanol–water partition coefficient (Wildman–Crippen LogP) is 1.56. The lowest BCUT2D eigenvalue weighted by atomic mass is 9.85. The second-order valence-corrected chi connectivity index (χ2v) is 13.8. The molecular formula is C39H53N5O11. The third-order valence-electron chi connectivity index (χ3n) is 9.46. The van der Waals surface area contributed by atoms with Crippen LogP contribution in [-0.4, -0.2) is 110 Å². The summed E-state index contributed by atoms with van der Waals surface area (Å²) >= 11 is 0. The van der Waals surface area contributed by atoms with Crippen molar-refractivity contribution in [3.8, 4) is 0 Å². The highest BCUT2D eigenvalue weighted by molar-refractivity contribution is 6.23. The van der Waals surface area contributed by atoms with Gasteiger partial charge in [-0.05, 0) is 51.0 Å². The normalized spacial score (nSPS) is 28.2.